The van der Waals surface area contributed by atoms with Gasteiger partial charge in [-0.2, -0.15) is 11.3 Å². The molecule has 2 amide bonds. The number of nitrogens with zero attached hydrogens (tertiary/aromatic N) is 1. The fraction of sp³-hybridized carbons (Fsp3) is 0.538. The largest absolute Gasteiger partial charge is 0.394 e. The summed E-state index contributed by atoms with van der Waals surface area (Å²) in [6, 6.07) is 0.992. The Labute approximate surface area is 120 Å². The molecule has 0 bridgehead atoms. The lowest BCUT2D eigenvalue weighted by molar-refractivity contribution is -0.148. The van der Waals surface area contributed by atoms with Crippen molar-refractivity contribution in [1.82, 2.24) is 15.5 Å². The highest BCUT2D eigenvalue weighted by Crippen LogP contribution is 2.23. The molecule has 1 aromatic heterocycles. The van der Waals surface area contributed by atoms with Crippen LogP contribution in [0.2, 0.25) is 0 Å². The minimum Gasteiger partial charge on any atom is -0.394 e. The molecular formula is C13H17N3O3S. The van der Waals surface area contributed by atoms with Crippen molar-refractivity contribution in [2.75, 3.05) is 13.2 Å². The van der Waals surface area contributed by atoms with Gasteiger partial charge in [0.2, 0.25) is 11.8 Å². The van der Waals surface area contributed by atoms with Crippen LogP contribution in [0.25, 0.3) is 0 Å². The summed E-state index contributed by atoms with van der Waals surface area (Å²) in [5.41, 5.74) is 1.21. The summed E-state index contributed by atoms with van der Waals surface area (Å²) in [6.45, 7) is 0.923. The monoisotopic (exact) mass is 295 g/mol. The first-order chi connectivity index (χ1) is 9.69. The second-order valence-corrected chi connectivity index (χ2v) is 5.98. The number of carbonyl (C=O) groups excluding carboxylic acids is 2. The van der Waals surface area contributed by atoms with Gasteiger partial charge >= 0.3 is 0 Å². The van der Waals surface area contributed by atoms with E-state index in [0.717, 1.165) is 6.54 Å². The van der Waals surface area contributed by atoms with E-state index in [9.17, 15) is 9.59 Å². The minimum absolute atomic E-state index is 0.118. The number of hydrogen-bond acceptors (Lipinski definition) is 5. The lowest BCUT2D eigenvalue weighted by Gasteiger charge is -2.33. The van der Waals surface area contributed by atoms with Gasteiger partial charge in [-0.15, -0.1) is 0 Å². The van der Waals surface area contributed by atoms with Crippen molar-refractivity contribution < 1.29 is 14.7 Å². The van der Waals surface area contributed by atoms with Crippen LogP contribution in [0.3, 0.4) is 0 Å². The summed E-state index contributed by atoms with van der Waals surface area (Å²) in [5, 5.41) is 19.2. The maximum atomic E-state index is 12.1. The number of fused-ring (bicyclic) bond motifs is 1. The summed E-state index contributed by atoms with van der Waals surface area (Å²) >= 11 is 1.65. The molecule has 0 spiro atoms. The number of aliphatic hydroxyl groups excluding tert-OH is 1. The average molecular weight is 295 g/mol. The van der Waals surface area contributed by atoms with Crippen LogP contribution >= 0.6 is 11.3 Å². The molecule has 2 fully saturated rings. The first kappa shape index (κ1) is 13.5. The van der Waals surface area contributed by atoms with Gasteiger partial charge in [-0.25, -0.2) is 0 Å². The zero-order valence-electron chi connectivity index (χ0n) is 10.9. The average Bonchev–Trinajstić information content (AvgIpc) is 3.09. The minimum atomic E-state index is -0.783. The molecule has 2 saturated heterocycles. The van der Waals surface area contributed by atoms with E-state index in [1.54, 1.807) is 16.2 Å². The van der Waals surface area contributed by atoms with Crippen molar-refractivity contribution in [3.05, 3.63) is 22.4 Å². The molecule has 0 unspecified atom stereocenters. The Kier molecular flexibility index (Phi) is 3.73. The molecule has 0 aliphatic carbocycles. The highest BCUT2D eigenvalue weighted by Gasteiger charge is 2.45. The van der Waals surface area contributed by atoms with E-state index >= 15 is 0 Å². The van der Waals surface area contributed by atoms with Crippen LogP contribution in [-0.4, -0.2) is 53.1 Å². The van der Waals surface area contributed by atoms with E-state index in [2.05, 4.69) is 22.1 Å². The first-order valence-electron chi connectivity index (χ1n) is 6.65. The summed E-state index contributed by atoms with van der Waals surface area (Å²) in [7, 11) is 0. The number of piperazine rings is 1. The molecule has 2 aliphatic heterocycles. The third kappa shape index (κ3) is 2.44. The number of nitrogens with one attached hydrogen (secondary N) is 2. The highest BCUT2D eigenvalue weighted by molar-refractivity contribution is 7.07. The van der Waals surface area contributed by atoms with Crippen molar-refractivity contribution in [3.63, 3.8) is 0 Å². The second-order valence-electron chi connectivity index (χ2n) is 5.20. The second kappa shape index (κ2) is 5.51. The van der Waals surface area contributed by atoms with Gasteiger partial charge in [0.1, 0.15) is 12.1 Å². The van der Waals surface area contributed by atoms with Crippen molar-refractivity contribution in [1.29, 1.82) is 0 Å². The van der Waals surface area contributed by atoms with Crippen LogP contribution < -0.4 is 10.6 Å². The zero-order valence-corrected chi connectivity index (χ0v) is 11.7. The molecule has 1 aromatic rings. The predicted molar refractivity (Wildman–Crippen MR) is 74.1 cm³/mol. The Hall–Kier alpha value is -1.44. The van der Waals surface area contributed by atoms with Gasteiger partial charge in [-0.1, -0.05) is 0 Å². The predicted octanol–water partition coefficient (Wildman–Crippen LogP) is -0.702. The van der Waals surface area contributed by atoms with Crippen molar-refractivity contribution in [2.45, 2.75) is 31.1 Å². The smallest absolute Gasteiger partial charge is 0.248 e. The number of rotatable bonds is 4. The summed E-state index contributed by atoms with van der Waals surface area (Å²) in [5.74, 6) is -0.347. The van der Waals surface area contributed by atoms with Gasteiger partial charge < -0.3 is 20.6 Å². The Balaban J connectivity index is 1.62. The van der Waals surface area contributed by atoms with Gasteiger partial charge in [0, 0.05) is 19.1 Å². The van der Waals surface area contributed by atoms with Gasteiger partial charge in [-0.05, 0) is 28.8 Å². The molecule has 108 valence electrons. The molecule has 2 aliphatic rings. The van der Waals surface area contributed by atoms with Crippen LogP contribution in [0.5, 0.6) is 0 Å². The Morgan fingerprint density at radius 2 is 2.35 bits per heavy atom. The Morgan fingerprint density at radius 3 is 3.05 bits per heavy atom. The van der Waals surface area contributed by atoms with Crippen molar-refractivity contribution >= 4 is 23.2 Å². The molecule has 6 nitrogen and oxygen atoms in total. The van der Waals surface area contributed by atoms with Gasteiger partial charge in [0.15, 0.2) is 0 Å². The molecule has 0 aromatic carbocycles. The van der Waals surface area contributed by atoms with Crippen LogP contribution in [0.1, 0.15) is 12.0 Å². The molecule has 3 N–H and O–H groups in total. The van der Waals surface area contributed by atoms with Gasteiger partial charge in [0.05, 0.1) is 6.61 Å². The van der Waals surface area contributed by atoms with Crippen molar-refractivity contribution in [2.24, 2.45) is 0 Å². The third-order valence-electron chi connectivity index (χ3n) is 3.86. The number of hydrogen-bond donors (Lipinski definition) is 3. The maximum absolute atomic E-state index is 12.1. The van der Waals surface area contributed by atoms with E-state index in [1.807, 2.05) is 5.38 Å². The maximum Gasteiger partial charge on any atom is 0.248 e. The fourth-order valence-electron chi connectivity index (χ4n) is 2.78. The summed E-state index contributed by atoms with van der Waals surface area (Å²) in [4.78, 5) is 25.6. The molecular weight excluding hydrogens is 278 g/mol. The normalized spacial score (nSPS) is 29.4. The zero-order chi connectivity index (χ0) is 14.1. The quantitative estimate of drug-likeness (QED) is 0.686. The van der Waals surface area contributed by atoms with E-state index in [4.69, 9.17) is 5.11 Å². The van der Waals surface area contributed by atoms with E-state index in [-0.39, 0.29) is 24.5 Å². The molecule has 20 heavy (non-hydrogen) atoms. The Morgan fingerprint density at radius 1 is 1.50 bits per heavy atom. The Bertz CT molecular complexity index is 505. The molecule has 0 radical (unpaired) electrons. The summed E-state index contributed by atoms with van der Waals surface area (Å²) < 4.78 is 0. The molecule has 7 heteroatoms. The lowest BCUT2D eigenvalue weighted by Crippen LogP contribution is -2.62. The molecule has 3 rings (SSSR count). The topological polar surface area (TPSA) is 81.7 Å². The molecule has 3 heterocycles. The van der Waals surface area contributed by atoms with Crippen LogP contribution in [0, 0.1) is 0 Å². The first-order valence-corrected chi connectivity index (χ1v) is 7.59. The van der Waals surface area contributed by atoms with E-state index < -0.39 is 12.1 Å². The highest BCUT2D eigenvalue weighted by atomic mass is 32.1. The number of amides is 2. The van der Waals surface area contributed by atoms with Crippen molar-refractivity contribution in [3.8, 4) is 0 Å². The van der Waals surface area contributed by atoms with Crippen LogP contribution in [0.4, 0.5) is 0 Å². The van der Waals surface area contributed by atoms with Gasteiger partial charge in [-0.3, -0.25) is 9.59 Å². The fourth-order valence-corrected chi connectivity index (χ4v) is 3.45. The lowest BCUT2D eigenvalue weighted by atomic mass is 10.1. The SMILES string of the molecule is O=C1N[C@H](CO)C(=O)N2C[C@@H](NCc3ccsc3)C[C@@H]12. The van der Waals surface area contributed by atoms with Crippen LogP contribution in [0.15, 0.2) is 16.8 Å². The van der Waals surface area contributed by atoms with E-state index in [1.165, 1.54) is 5.56 Å². The summed E-state index contributed by atoms with van der Waals surface area (Å²) in [6.07, 6.45) is 0.625. The standard InChI is InChI=1S/C13H17N3O3S/c17-6-10-13(19)16-5-9(3-11(16)12(18)15-10)14-4-8-1-2-20-7-8/h1-2,7,9-11,14,17H,3-6H2,(H,15,18)/t9-,10+,11-/m0/s1. The van der Waals surface area contributed by atoms with E-state index in [0.29, 0.717) is 13.0 Å². The van der Waals surface area contributed by atoms with Gasteiger partial charge in [0.25, 0.3) is 0 Å². The molecule has 3 atom stereocenters. The third-order valence-corrected chi connectivity index (χ3v) is 4.59. The number of carbonyl (C=O) groups is 2. The number of thiophene rings is 1. The van der Waals surface area contributed by atoms with Crippen LogP contribution in [-0.2, 0) is 16.1 Å². The molecule has 0 saturated carbocycles. The number of aliphatic hydroxyl groups is 1.